The first-order valence-corrected chi connectivity index (χ1v) is 13.4. The highest BCUT2D eigenvalue weighted by atomic mass is 32.2. The van der Waals surface area contributed by atoms with Gasteiger partial charge in [-0.25, -0.2) is 13.2 Å². The molecular weight excluding hydrogens is 496 g/mol. The number of carbonyl (C=O) groups excluding carboxylic acids is 1. The summed E-state index contributed by atoms with van der Waals surface area (Å²) in [5, 5.41) is 0. The largest absolute Gasteiger partial charge is 0.745 e. The zero-order chi connectivity index (χ0) is 26.5. The van der Waals surface area contributed by atoms with E-state index in [2.05, 4.69) is 0 Å². The molecule has 5 nitrogen and oxygen atoms in total. The summed E-state index contributed by atoms with van der Waals surface area (Å²) in [6.07, 6.45) is 0. The van der Waals surface area contributed by atoms with Crippen molar-refractivity contribution in [3.05, 3.63) is 145 Å². The average Bonchev–Trinajstić information content (AvgIpc) is 2.96. The highest BCUT2D eigenvalue weighted by Gasteiger charge is 2.28. The fourth-order valence-electron chi connectivity index (χ4n) is 4.41. The van der Waals surface area contributed by atoms with Gasteiger partial charge in [0.05, 0.1) is 5.56 Å². The van der Waals surface area contributed by atoms with Gasteiger partial charge in [-0.15, -0.1) is 0 Å². The molecule has 0 radical (unpaired) electrons. The molecule has 0 saturated carbocycles. The van der Waals surface area contributed by atoms with Crippen LogP contribution in [0.15, 0.2) is 133 Å². The van der Waals surface area contributed by atoms with E-state index in [1.807, 2.05) is 103 Å². The highest BCUT2D eigenvalue weighted by Crippen LogP contribution is 2.39. The first-order valence-electron chi connectivity index (χ1n) is 12.0. The Hall–Kier alpha value is -4.52. The van der Waals surface area contributed by atoms with Gasteiger partial charge in [-0.3, -0.25) is 0 Å². The predicted octanol–water partition coefficient (Wildman–Crippen LogP) is 7.09. The zero-order valence-corrected chi connectivity index (χ0v) is 21.0. The van der Waals surface area contributed by atoms with Crippen LogP contribution in [0.4, 0.5) is 0 Å². The summed E-state index contributed by atoms with van der Waals surface area (Å²) in [5.41, 5.74) is 2.70. The molecule has 0 aliphatic heterocycles. The highest BCUT2D eigenvalue weighted by molar-refractivity contribution is 7.85. The molecule has 0 aliphatic carbocycles. The van der Waals surface area contributed by atoms with Crippen LogP contribution in [-0.4, -0.2) is 18.9 Å². The van der Waals surface area contributed by atoms with Crippen molar-refractivity contribution >= 4 is 16.1 Å². The summed E-state index contributed by atoms with van der Waals surface area (Å²) in [7, 11) is -5.02. The molecule has 5 aromatic rings. The smallest absolute Gasteiger partial charge is 0.340 e. The third kappa shape index (κ3) is 5.42. The maximum absolute atomic E-state index is 13.9. The van der Waals surface area contributed by atoms with E-state index < -0.39 is 21.5 Å². The normalized spacial score (nSPS) is 12.0. The Balaban J connectivity index is 1.75. The van der Waals surface area contributed by atoms with Gasteiger partial charge < -0.3 is 9.29 Å². The molecule has 6 heteroatoms. The standard InChI is InChI=1S/C32H24O5S/c33-31(37-32(38(34,35)36)26-19-11-4-12-20-26)30-28(24-15-7-2-8-16-24)21-27(23-13-5-1-6-14-23)22-29(30)25-17-9-3-10-18-25/h1-22,32H,(H,34,35,36)/p-1. The Morgan fingerprint density at radius 2 is 0.974 bits per heavy atom. The quantitative estimate of drug-likeness (QED) is 0.169. The van der Waals surface area contributed by atoms with Gasteiger partial charge in [-0.1, -0.05) is 121 Å². The predicted molar refractivity (Wildman–Crippen MR) is 147 cm³/mol. The van der Waals surface area contributed by atoms with E-state index in [4.69, 9.17) is 4.74 Å². The Morgan fingerprint density at radius 3 is 1.39 bits per heavy atom. The Kier molecular flexibility index (Phi) is 7.18. The molecule has 5 rings (SSSR count). The molecule has 0 aliphatic rings. The van der Waals surface area contributed by atoms with E-state index in [1.165, 1.54) is 12.1 Å². The molecule has 1 unspecified atom stereocenters. The van der Waals surface area contributed by atoms with Gasteiger partial charge in [0.25, 0.3) is 0 Å². The van der Waals surface area contributed by atoms with Crippen molar-refractivity contribution in [2.45, 2.75) is 5.44 Å². The molecule has 0 heterocycles. The van der Waals surface area contributed by atoms with Gasteiger partial charge in [0, 0.05) is 5.56 Å². The van der Waals surface area contributed by atoms with Crippen molar-refractivity contribution < 1.29 is 22.5 Å². The minimum absolute atomic E-state index is 0.0827. The molecular formula is C32H23O5S-. The lowest BCUT2D eigenvalue weighted by Gasteiger charge is -2.23. The number of ether oxygens (including phenoxy) is 1. The van der Waals surface area contributed by atoms with Crippen LogP contribution >= 0.6 is 0 Å². The van der Waals surface area contributed by atoms with Crippen LogP contribution in [-0.2, 0) is 14.9 Å². The second kappa shape index (κ2) is 10.8. The maximum Gasteiger partial charge on any atom is 0.340 e. The molecule has 1 atom stereocenters. The summed E-state index contributed by atoms with van der Waals surface area (Å²) >= 11 is 0. The molecule has 0 saturated heterocycles. The number of hydrogen-bond donors (Lipinski definition) is 0. The van der Waals surface area contributed by atoms with Gasteiger partial charge in [0.15, 0.2) is 0 Å². The first kappa shape index (κ1) is 25.1. The maximum atomic E-state index is 13.9. The molecule has 5 aromatic carbocycles. The number of esters is 1. The van der Waals surface area contributed by atoms with Crippen LogP contribution in [0.25, 0.3) is 33.4 Å². The van der Waals surface area contributed by atoms with Crippen molar-refractivity contribution in [1.82, 2.24) is 0 Å². The van der Waals surface area contributed by atoms with Crippen LogP contribution in [0.1, 0.15) is 21.4 Å². The minimum atomic E-state index is -5.02. The number of benzene rings is 5. The summed E-state index contributed by atoms with van der Waals surface area (Å²) in [4.78, 5) is 13.9. The minimum Gasteiger partial charge on any atom is -0.745 e. The zero-order valence-electron chi connectivity index (χ0n) is 20.2. The fraction of sp³-hybridized carbons (Fsp3) is 0.0312. The number of hydrogen-bond acceptors (Lipinski definition) is 5. The fourth-order valence-corrected chi connectivity index (χ4v) is 5.11. The molecule has 0 bridgehead atoms. The first-order chi connectivity index (χ1) is 18.4. The van der Waals surface area contributed by atoms with Crippen molar-refractivity contribution in [3.8, 4) is 33.4 Å². The third-order valence-electron chi connectivity index (χ3n) is 6.17. The van der Waals surface area contributed by atoms with E-state index >= 15 is 0 Å². The van der Waals surface area contributed by atoms with E-state index in [-0.39, 0.29) is 11.1 Å². The van der Waals surface area contributed by atoms with Crippen LogP contribution < -0.4 is 0 Å². The van der Waals surface area contributed by atoms with Crippen molar-refractivity contribution in [3.63, 3.8) is 0 Å². The van der Waals surface area contributed by atoms with Crippen molar-refractivity contribution in [2.24, 2.45) is 0 Å². The van der Waals surface area contributed by atoms with Gasteiger partial charge in [0.2, 0.25) is 5.44 Å². The summed E-state index contributed by atoms with van der Waals surface area (Å²) in [6.45, 7) is 0. The van der Waals surface area contributed by atoms with Gasteiger partial charge in [-0.2, -0.15) is 0 Å². The Bertz CT molecular complexity index is 1590. The summed E-state index contributed by atoms with van der Waals surface area (Å²) in [5.74, 6) is -0.907. The molecule has 0 amide bonds. The third-order valence-corrected chi connectivity index (χ3v) is 7.06. The second-order valence-corrected chi connectivity index (χ2v) is 10.1. The second-order valence-electron chi connectivity index (χ2n) is 8.69. The van der Waals surface area contributed by atoms with Crippen LogP contribution in [0.5, 0.6) is 0 Å². The van der Waals surface area contributed by atoms with Crippen LogP contribution in [0.2, 0.25) is 0 Å². The lowest BCUT2D eigenvalue weighted by molar-refractivity contribution is 0.0428. The lowest BCUT2D eigenvalue weighted by Crippen LogP contribution is -2.21. The van der Waals surface area contributed by atoms with E-state index in [0.717, 1.165) is 22.3 Å². The van der Waals surface area contributed by atoms with E-state index in [1.54, 1.807) is 18.2 Å². The van der Waals surface area contributed by atoms with Crippen molar-refractivity contribution in [1.29, 1.82) is 0 Å². The van der Waals surface area contributed by atoms with Crippen LogP contribution in [0, 0.1) is 0 Å². The molecule has 0 fully saturated rings. The Labute approximate surface area is 221 Å². The molecule has 0 spiro atoms. The topological polar surface area (TPSA) is 83.5 Å². The van der Waals surface area contributed by atoms with Crippen LogP contribution in [0.3, 0.4) is 0 Å². The molecule has 0 aromatic heterocycles. The van der Waals surface area contributed by atoms with Gasteiger partial charge in [0.1, 0.15) is 10.1 Å². The summed E-state index contributed by atoms with van der Waals surface area (Å²) in [6, 6.07) is 39.9. The summed E-state index contributed by atoms with van der Waals surface area (Å²) < 4.78 is 42.2. The molecule has 188 valence electrons. The van der Waals surface area contributed by atoms with E-state index in [0.29, 0.717) is 11.1 Å². The number of rotatable bonds is 7. The lowest BCUT2D eigenvalue weighted by atomic mass is 9.88. The Morgan fingerprint density at radius 1 is 0.579 bits per heavy atom. The van der Waals surface area contributed by atoms with E-state index in [9.17, 15) is 17.8 Å². The van der Waals surface area contributed by atoms with Crippen molar-refractivity contribution in [2.75, 3.05) is 0 Å². The average molecular weight is 520 g/mol. The molecule has 38 heavy (non-hydrogen) atoms. The van der Waals surface area contributed by atoms with Gasteiger partial charge >= 0.3 is 5.97 Å². The van der Waals surface area contributed by atoms with Gasteiger partial charge in [-0.05, 0) is 45.5 Å². The monoisotopic (exact) mass is 519 g/mol. The molecule has 0 N–H and O–H groups in total. The SMILES string of the molecule is O=C(OC(c1ccccc1)S(=O)(=O)[O-])c1c(-c2ccccc2)cc(-c2ccccc2)cc1-c1ccccc1. The number of carbonyl (C=O) groups is 1.